The van der Waals surface area contributed by atoms with Crippen LogP contribution in [-0.2, 0) is 4.84 Å². The van der Waals surface area contributed by atoms with Crippen LogP contribution in [0.15, 0.2) is 54.8 Å². The Balaban J connectivity index is 1.61. The highest BCUT2D eigenvalue weighted by Gasteiger charge is 2.22. The third-order valence-corrected chi connectivity index (χ3v) is 4.43. The summed E-state index contributed by atoms with van der Waals surface area (Å²) in [5, 5.41) is 14.3. The van der Waals surface area contributed by atoms with Crippen molar-refractivity contribution in [1.29, 1.82) is 0 Å². The fourth-order valence-corrected chi connectivity index (χ4v) is 3.34. The molecule has 1 aliphatic rings. The molecule has 2 N–H and O–H groups in total. The summed E-state index contributed by atoms with van der Waals surface area (Å²) in [7, 11) is 0. The molecule has 0 saturated carbocycles. The normalized spacial score (nSPS) is 17.6. The fourth-order valence-electron chi connectivity index (χ4n) is 2.43. The molecule has 4 rings (SSSR count). The maximum atomic E-state index is 13.2. The van der Waals surface area contributed by atoms with Crippen LogP contribution >= 0.6 is 11.3 Å². The van der Waals surface area contributed by atoms with Gasteiger partial charge in [-0.2, -0.15) is 0 Å². The van der Waals surface area contributed by atoms with Gasteiger partial charge in [-0.1, -0.05) is 23.5 Å². The molecule has 0 saturated heterocycles. The minimum absolute atomic E-state index is 0.272. The van der Waals surface area contributed by atoms with Gasteiger partial charge in [-0.3, -0.25) is 5.21 Å². The molecule has 1 aliphatic heterocycles. The van der Waals surface area contributed by atoms with Gasteiger partial charge >= 0.3 is 0 Å². The van der Waals surface area contributed by atoms with E-state index in [9.17, 15) is 9.60 Å². The quantitative estimate of drug-likeness (QED) is 0.747. The highest BCUT2D eigenvalue weighted by molar-refractivity contribution is 7.22. The Labute approximate surface area is 135 Å². The van der Waals surface area contributed by atoms with Crippen molar-refractivity contribution in [3.8, 4) is 0 Å². The summed E-state index contributed by atoms with van der Waals surface area (Å²) in [4.78, 5) is 9.30. The van der Waals surface area contributed by atoms with E-state index in [1.54, 1.807) is 12.1 Å². The molecule has 1 atom stereocenters. The zero-order valence-electron chi connectivity index (χ0n) is 11.8. The van der Waals surface area contributed by atoms with Gasteiger partial charge in [0.1, 0.15) is 18.1 Å². The van der Waals surface area contributed by atoms with Crippen LogP contribution in [0.2, 0.25) is 0 Å². The Hall–Kier alpha value is -2.48. The van der Waals surface area contributed by atoms with Gasteiger partial charge in [-0.15, -0.1) is 0 Å². The average molecular weight is 329 g/mol. The molecule has 23 heavy (non-hydrogen) atoms. The summed E-state index contributed by atoms with van der Waals surface area (Å²) < 4.78 is 14.0. The van der Waals surface area contributed by atoms with Crippen LogP contribution in [0.5, 0.6) is 0 Å². The van der Waals surface area contributed by atoms with Crippen molar-refractivity contribution in [2.24, 2.45) is 0 Å². The van der Waals surface area contributed by atoms with Gasteiger partial charge in [-0.25, -0.2) is 9.37 Å². The van der Waals surface area contributed by atoms with Gasteiger partial charge in [0.15, 0.2) is 5.13 Å². The number of aromatic nitrogens is 1. The molecule has 0 radical (unpaired) electrons. The lowest BCUT2D eigenvalue weighted by molar-refractivity contribution is -0.314. The third kappa shape index (κ3) is 2.77. The zero-order chi connectivity index (χ0) is 15.8. The first-order valence-corrected chi connectivity index (χ1v) is 7.75. The highest BCUT2D eigenvalue weighted by Crippen LogP contribution is 2.31. The van der Waals surface area contributed by atoms with Gasteiger partial charge in [0.05, 0.1) is 10.2 Å². The molecular weight excluding hydrogens is 317 g/mol. The second-order valence-electron chi connectivity index (χ2n) is 5.06. The number of halogens is 1. The fraction of sp³-hybridized carbons (Fsp3) is 0.0625. The van der Waals surface area contributed by atoms with E-state index >= 15 is 0 Å². The van der Waals surface area contributed by atoms with Gasteiger partial charge in [-0.05, 0) is 47.2 Å². The van der Waals surface area contributed by atoms with Crippen LogP contribution in [0.25, 0.3) is 10.2 Å². The average Bonchev–Trinajstić information content (AvgIpc) is 3.12. The Kier molecular flexibility index (Phi) is 3.45. The van der Waals surface area contributed by atoms with Gasteiger partial charge in [0.2, 0.25) is 0 Å². The number of hydrogen-bond acceptors (Lipinski definition) is 6. The van der Waals surface area contributed by atoms with E-state index in [4.69, 9.17) is 4.84 Å². The number of hydrogen-bond donors (Lipinski definition) is 2. The molecule has 1 unspecified atom stereocenters. The van der Waals surface area contributed by atoms with Gasteiger partial charge < -0.3 is 10.2 Å². The zero-order valence-corrected chi connectivity index (χ0v) is 12.6. The maximum absolute atomic E-state index is 13.2. The molecule has 0 amide bonds. The van der Waals surface area contributed by atoms with Crippen molar-refractivity contribution in [3.63, 3.8) is 0 Å². The van der Waals surface area contributed by atoms with Crippen LogP contribution in [0.3, 0.4) is 0 Å². The van der Waals surface area contributed by atoms with Crippen molar-refractivity contribution in [1.82, 2.24) is 10.2 Å². The lowest BCUT2D eigenvalue weighted by Crippen LogP contribution is -2.17. The predicted octanol–water partition coefficient (Wildman–Crippen LogP) is 4.37. The standard InChI is InChI=1S/C16H12FN3O2S/c17-11-4-5-13-15(9-11)23-16(19-13)18-12-3-1-2-10(8-12)14-6-7-22-20(14)21/h1-9,14,21H,(H,18,19). The van der Waals surface area contributed by atoms with Crippen molar-refractivity contribution in [2.45, 2.75) is 6.04 Å². The molecule has 2 heterocycles. The molecule has 0 spiro atoms. The topological polar surface area (TPSA) is 57.6 Å². The second kappa shape index (κ2) is 5.62. The van der Waals surface area contributed by atoms with Crippen LogP contribution < -0.4 is 5.32 Å². The minimum atomic E-state index is -0.346. The number of nitrogens with zero attached hydrogens (tertiary/aromatic N) is 2. The lowest BCUT2D eigenvalue weighted by Gasteiger charge is -2.16. The van der Waals surface area contributed by atoms with E-state index < -0.39 is 0 Å². The summed E-state index contributed by atoms with van der Waals surface area (Å²) in [6.45, 7) is 0. The predicted molar refractivity (Wildman–Crippen MR) is 85.9 cm³/mol. The molecule has 3 aromatic rings. The summed E-state index contributed by atoms with van der Waals surface area (Å²) in [5.41, 5.74) is 2.46. The lowest BCUT2D eigenvalue weighted by atomic mass is 10.1. The minimum Gasteiger partial charge on any atom is -0.388 e. The first-order chi connectivity index (χ1) is 11.2. The van der Waals surface area contributed by atoms with Gasteiger partial charge in [0, 0.05) is 5.69 Å². The van der Waals surface area contributed by atoms with Gasteiger partial charge in [0.25, 0.3) is 0 Å². The van der Waals surface area contributed by atoms with Crippen LogP contribution in [0, 0.1) is 5.82 Å². The summed E-state index contributed by atoms with van der Waals surface area (Å²) in [5.74, 6) is -0.272. The van der Waals surface area contributed by atoms with Crippen molar-refractivity contribution in [3.05, 3.63) is 66.2 Å². The molecule has 7 heteroatoms. The first kappa shape index (κ1) is 14.1. The van der Waals surface area contributed by atoms with E-state index in [0.717, 1.165) is 26.7 Å². The second-order valence-corrected chi connectivity index (χ2v) is 6.09. The SMILES string of the molecule is ON1OC=CC1c1cccc(Nc2nc3ccc(F)cc3s2)c1. The van der Waals surface area contributed by atoms with E-state index in [-0.39, 0.29) is 11.9 Å². The summed E-state index contributed by atoms with van der Waals surface area (Å²) in [6.07, 6.45) is 3.19. The Morgan fingerprint density at radius 3 is 3.00 bits per heavy atom. The van der Waals surface area contributed by atoms with Crippen LogP contribution in [0.1, 0.15) is 11.6 Å². The van der Waals surface area contributed by atoms with Crippen LogP contribution in [0.4, 0.5) is 15.2 Å². The van der Waals surface area contributed by atoms with E-state index in [1.807, 2.05) is 24.3 Å². The van der Waals surface area contributed by atoms with Crippen molar-refractivity contribution in [2.75, 3.05) is 5.32 Å². The molecule has 1 aromatic heterocycles. The number of nitrogens with one attached hydrogen (secondary N) is 1. The molecule has 0 bridgehead atoms. The molecule has 0 aliphatic carbocycles. The highest BCUT2D eigenvalue weighted by atomic mass is 32.1. The molecule has 0 fully saturated rings. The number of thiazole rings is 1. The largest absolute Gasteiger partial charge is 0.388 e. The summed E-state index contributed by atoms with van der Waals surface area (Å²) >= 11 is 1.38. The number of benzene rings is 2. The number of fused-ring (bicyclic) bond motifs is 1. The van der Waals surface area contributed by atoms with Crippen molar-refractivity contribution >= 4 is 32.4 Å². The van der Waals surface area contributed by atoms with E-state index in [0.29, 0.717) is 5.13 Å². The molecule has 116 valence electrons. The Morgan fingerprint density at radius 2 is 2.17 bits per heavy atom. The summed E-state index contributed by atoms with van der Waals surface area (Å²) in [6, 6.07) is 11.8. The van der Waals surface area contributed by atoms with Crippen molar-refractivity contribution < 1.29 is 14.4 Å². The maximum Gasteiger partial charge on any atom is 0.188 e. The molecular formula is C16H12FN3O2S. The first-order valence-electron chi connectivity index (χ1n) is 6.94. The van der Waals surface area contributed by atoms with Crippen LogP contribution in [-0.4, -0.2) is 15.4 Å². The molecule has 5 nitrogen and oxygen atoms in total. The number of hydroxylamine groups is 2. The third-order valence-electron chi connectivity index (χ3n) is 3.50. The number of rotatable bonds is 3. The Morgan fingerprint density at radius 1 is 1.26 bits per heavy atom. The van der Waals surface area contributed by atoms with E-state index in [2.05, 4.69) is 10.3 Å². The monoisotopic (exact) mass is 329 g/mol. The molecule has 2 aromatic carbocycles. The Bertz CT molecular complexity index is 896. The van der Waals surface area contributed by atoms with E-state index in [1.165, 1.54) is 29.7 Å². The smallest absolute Gasteiger partial charge is 0.188 e. The number of anilines is 2.